The smallest absolute Gasteiger partial charge is 0.0743 e. The maximum Gasteiger partial charge on any atom is 0.0743 e. The van der Waals surface area contributed by atoms with Gasteiger partial charge in [0.1, 0.15) is 0 Å². The Labute approximate surface area is 107 Å². The van der Waals surface area contributed by atoms with Crippen molar-refractivity contribution in [3.63, 3.8) is 0 Å². The SMILES string of the molecule is CC(O)CCN(C)c1ccnc2cc(N)ccc12. The van der Waals surface area contributed by atoms with E-state index in [9.17, 15) is 5.11 Å². The number of fused-ring (bicyclic) bond motifs is 1. The van der Waals surface area contributed by atoms with Crippen LogP contribution in [-0.4, -0.2) is 29.8 Å². The number of benzene rings is 1. The Hall–Kier alpha value is -1.81. The Morgan fingerprint density at radius 3 is 2.89 bits per heavy atom. The van der Waals surface area contributed by atoms with Gasteiger partial charge in [0.05, 0.1) is 11.6 Å². The molecule has 4 nitrogen and oxygen atoms in total. The van der Waals surface area contributed by atoms with Crippen LogP contribution in [0, 0.1) is 0 Å². The minimum absolute atomic E-state index is 0.281. The van der Waals surface area contributed by atoms with Crippen LogP contribution in [0.2, 0.25) is 0 Å². The van der Waals surface area contributed by atoms with Gasteiger partial charge in [-0.1, -0.05) is 0 Å². The van der Waals surface area contributed by atoms with Crippen molar-refractivity contribution < 1.29 is 5.11 Å². The van der Waals surface area contributed by atoms with E-state index in [2.05, 4.69) is 9.88 Å². The van der Waals surface area contributed by atoms with Gasteiger partial charge in [0, 0.05) is 36.6 Å². The summed E-state index contributed by atoms with van der Waals surface area (Å²) in [7, 11) is 2.02. The number of aromatic nitrogens is 1. The lowest BCUT2D eigenvalue weighted by Gasteiger charge is -2.21. The molecule has 1 unspecified atom stereocenters. The van der Waals surface area contributed by atoms with Crippen molar-refractivity contribution in [2.24, 2.45) is 0 Å². The zero-order chi connectivity index (χ0) is 13.1. The lowest BCUT2D eigenvalue weighted by Crippen LogP contribution is -2.22. The predicted octanol–water partition coefficient (Wildman–Crippen LogP) is 2.02. The van der Waals surface area contributed by atoms with Crippen molar-refractivity contribution >= 4 is 22.3 Å². The van der Waals surface area contributed by atoms with Crippen LogP contribution in [0.4, 0.5) is 11.4 Å². The number of pyridine rings is 1. The Bertz CT molecular complexity index is 540. The second-order valence-corrected chi connectivity index (χ2v) is 4.67. The number of aliphatic hydroxyl groups is 1. The molecule has 0 radical (unpaired) electrons. The van der Waals surface area contributed by atoms with E-state index in [1.165, 1.54) is 0 Å². The molecular formula is C14H19N3O. The van der Waals surface area contributed by atoms with Crippen molar-refractivity contribution in [2.75, 3.05) is 24.2 Å². The van der Waals surface area contributed by atoms with Crippen LogP contribution in [-0.2, 0) is 0 Å². The normalized spacial score (nSPS) is 12.6. The first-order chi connectivity index (χ1) is 8.58. The molecule has 0 amide bonds. The monoisotopic (exact) mass is 245 g/mol. The van der Waals surface area contributed by atoms with Gasteiger partial charge in [-0.15, -0.1) is 0 Å². The first kappa shape index (κ1) is 12.6. The Morgan fingerprint density at radius 2 is 2.17 bits per heavy atom. The summed E-state index contributed by atoms with van der Waals surface area (Å²) in [5.74, 6) is 0. The highest BCUT2D eigenvalue weighted by atomic mass is 16.3. The van der Waals surface area contributed by atoms with E-state index in [-0.39, 0.29) is 6.10 Å². The molecule has 0 saturated carbocycles. The molecule has 0 saturated heterocycles. The third-order valence-electron chi connectivity index (χ3n) is 3.04. The lowest BCUT2D eigenvalue weighted by atomic mass is 10.1. The lowest BCUT2D eigenvalue weighted by molar-refractivity contribution is 0.187. The summed E-state index contributed by atoms with van der Waals surface area (Å²) < 4.78 is 0. The largest absolute Gasteiger partial charge is 0.399 e. The molecule has 2 aromatic rings. The Morgan fingerprint density at radius 1 is 1.39 bits per heavy atom. The van der Waals surface area contributed by atoms with Gasteiger partial charge >= 0.3 is 0 Å². The average Bonchev–Trinajstić information content (AvgIpc) is 2.34. The van der Waals surface area contributed by atoms with E-state index in [4.69, 9.17) is 5.73 Å². The molecule has 0 aliphatic carbocycles. The summed E-state index contributed by atoms with van der Waals surface area (Å²) >= 11 is 0. The molecule has 0 fully saturated rings. The second-order valence-electron chi connectivity index (χ2n) is 4.67. The van der Waals surface area contributed by atoms with Crippen LogP contribution >= 0.6 is 0 Å². The van der Waals surface area contributed by atoms with Crippen LogP contribution < -0.4 is 10.6 Å². The molecule has 0 aliphatic heterocycles. The first-order valence-corrected chi connectivity index (χ1v) is 6.11. The van der Waals surface area contributed by atoms with Crippen molar-refractivity contribution in [3.05, 3.63) is 30.5 Å². The number of hydrogen-bond donors (Lipinski definition) is 2. The Kier molecular flexibility index (Phi) is 3.67. The molecule has 1 heterocycles. The minimum atomic E-state index is -0.281. The van der Waals surface area contributed by atoms with Gasteiger partial charge in [-0.3, -0.25) is 4.98 Å². The van der Waals surface area contributed by atoms with Crippen LogP contribution in [0.3, 0.4) is 0 Å². The molecule has 18 heavy (non-hydrogen) atoms. The summed E-state index contributed by atoms with van der Waals surface area (Å²) in [5, 5.41) is 10.4. The molecule has 4 heteroatoms. The van der Waals surface area contributed by atoms with Crippen LogP contribution in [0.25, 0.3) is 10.9 Å². The van der Waals surface area contributed by atoms with E-state index in [0.717, 1.165) is 35.2 Å². The number of rotatable bonds is 4. The van der Waals surface area contributed by atoms with Gasteiger partial charge in [-0.25, -0.2) is 0 Å². The summed E-state index contributed by atoms with van der Waals surface area (Å²) in [4.78, 5) is 6.46. The van der Waals surface area contributed by atoms with Gasteiger partial charge in [0.2, 0.25) is 0 Å². The van der Waals surface area contributed by atoms with Crippen LogP contribution in [0.1, 0.15) is 13.3 Å². The summed E-state index contributed by atoms with van der Waals surface area (Å²) in [6, 6.07) is 7.74. The van der Waals surface area contributed by atoms with Gasteiger partial charge in [-0.05, 0) is 37.6 Å². The van der Waals surface area contributed by atoms with E-state index in [0.29, 0.717) is 0 Å². The Balaban J connectivity index is 2.32. The van der Waals surface area contributed by atoms with Gasteiger partial charge in [0.25, 0.3) is 0 Å². The fraction of sp³-hybridized carbons (Fsp3) is 0.357. The van der Waals surface area contributed by atoms with E-state index < -0.39 is 0 Å². The molecule has 1 aromatic carbocycles. The number of aliphatic hydroxyl groups excluding tert-OH is 1. The molecule has 1 aromatic heterocycles. The summed E-state index contributed by atoms with van der Waals surface area (Å²) in [6.45, 7) is 2.61. The molecule has 0 spiro atoms. The third-order valence-corrected chi connectivity index (χ3v) is 3.04. The molecule has 3 N–H and O–H groups in total. The highest BCUT2D eigenvalue weighted by Gasteiger charge is 2.07. The van der Waals surface area contributed by atoms with Gasteiger partial charge in [0.15, 0.2) is 0 Å². The summed E-state index contributed by atoms with van der Waals surface area (Å²) in [5.41, 5.74) is 8.49. The van der Waals surface area contributed by atoms with Crippen molar-refractivity contribution in [3.8, 4) is 0 Å². The van der Waals surface area contributed by atoms with E-state index in [1.807, 2.05) is 31.3 Å². The number of hydrogen-bond acceptors (Lipinski definition) is 4. The zero-order valence-corrected chi connectivity index (χ0v) is 10.8. The van der Waals surface area contributed by atoms with E-state index >= 15 is 0 Å². The predicted molar refractivity (Wildman–Crippen MR) is 75.7 cm³/mol. The highest BCUT2D eigenvalue weighted by Crippen LogP contribution is 2.26. The number of anilines is 2. The van der Waals surface area contributed by atoms with Gasteiger partial charge < -0.3 is 15.7 Å². The number of nitrogen functional groups attached to an aromatic ring is 1. The van der Waals surface area contributed by atoms with Crippen molar-refractivity contribution in [1.29, 1.82) is 0 Å². The minimum Gasteiger partial charge on any atom is -0.399 e. The second kappa shape index (κ2) is 5.23. The van der Waals surface area contributed by atoms with Crippen molar-refractivity contribution in [1.82, 2.24) is 4.98 Å². The van der Waals surface area contributed by atoms with Crippen LogP contribution in [0.15, 0.2) is 30.5 Å². The quantitative estimate of drug-likeness (QED) is 0.809. The topological polar surface area (TPSA) is 62.4 Å². The zero-order valence-electron chi connectivity index (χ0n) is 10.8. The van der Waals surface area contributed by atoms with Crippen molar-refractivity contribution in [2.45, 2.75) is 19.4 Å². The number of nitrogens with zero attached hydrogens (tertiary/aromatic N) is 2. The molecule has 0 bridgehead atoms. The van der Waals surface area contributed by atoms with Crippen LogP contribution in [0.5, 0.6) is 0 Å². The third kappa shape index (κ3) is 2.71. The summed E-state index contributed by atoms with van der Waals surface area (Å²) in [6.07, 6.45) is 2.25. The molecular weight excluding hydrogens is 226 g/mol. The van der Waals surface area contributed by atoms with Gasteiger partial charge in [-0.2, -0.15) is 0 Å². The van der Waals surface area contributed by atoms with E-state index in [1.54, 1.807) is 13.1 Å². The first-order valence-electron chi connectivity index (χ1n) is 6.11. The number of nitrogens with two attached hydrogens (primary N) is 1. The fourth-order valence-electron chi connectivity index (χ4n) is 1.98. The maximum absolute atomic E-state index is 9.34. The average molecular weight is 245 g/mol. The molecule has 2 rings (SSSR count). The molecule has 1 atom stereocenters. The molecule has 0 aliphatic rings. The fourth-order valence-corrected chi connectivity index (χ4v) is 1.98. The highest BCUT2D eigenvalue weighted by molar-refractivity contribution is 5.93. The molecule has 96 valence electrons. The maximum atomic E-state index is 9.34. The standard InChI is InChI=1S/C14H19N3O/c1-10(18)6-8-17(2)14-5-7-16-13-9-11(15)3-4-12(13)14/h3-5,7,9-10,18H,6,8,15H2,1-2H3.